The van der Waals surface area contributed by atoms with E-state index in [4.69, 9.17) is 0 Å². The first-order valence-corrected chi connectivity index (χ1v) is 6.95. The summed E-state index contributed by atoms with van der Waals surface area (Å²) in [6.45, 7) is 3.13. The molecule has 0 radical (unpaired) electrons. The van der Waals surface area contributed by atoms with E-state index < -0.39 is 0 Å². The maximum Gasteiger partial charge on any atom is 0.130 e. The van der Waals surface area contributed by atoms with E-state index >= 15 is 0 Å². The Bertz CT molecular complexity index is 482. The van der Waals surface area contributed by atoms with Crippen molar-refractivity contribution in [2.45, 2.75) is 19.5 Å². The Morgan fingerprint density at radius 3 is 2.89 bits per heavy atom. The molecule has 0 aliphatic carbocycles. The lowest BCUT2D eigenvalue weighted by molar-refractivity contribution is 0.256. The molecule has 1 unspecified atom stereocenters. The van der Waals surface area contributed by atoms with E-state index in [9.17, 15) is 0 Å². The summed E-state index contributed by atoms with van der Waals surface area (Å²) in [7, 11) is 4.06. The van der Waals surface area contributed by atoms with Crippen LogP contribution in [0.4, 0.5) is 5.82 Å². The Balaban J connectivity index is 2.09. The van der Waals surface area contributed by atoms with Gasteiger partial charge in [-0.15, -0.1) is 11.3 Å². The van der Waals surface area contributed by atoms with Gasteiger partial charge in [-0.1, -0.05) is 12.1 Å². The van der Waals surface area contributed by atoms with Crippen molar-refractivity contribution >= 4 is 17.2 Å². The second-order valence-electron chi connectivity index (χ2n) is 4.37. The van der Waals surface area contributed by atoms with Gasteiger partial charge in [0.15, 0.2) is 0 Å². The monoisotopic (exact) mass is 261 g/mol. The van der Waals surface area contributed by atoms with Crippen LogP contribution in [-0.4, -0.2) is 24.0 Å². The predicted molar refractivity (Wildman–Crippen MR) is 78.0 cm³/mol. The second-order valence-corrected chi connectivity index (χ2v) is 5.35. The molecular formula is C14H19N3S. The molecule has 0 saturated carbocycles. The van der Waals surface area contributed by atoms with Gasteiger partial charge in [0.1, 0.15) is 5.82 Å². The van der Waals surface area contributed by atoms with Crippen molar-refractivity contribution in [1.82, 2.24) is 9.88 Å². The molecule has 0 aliphatic rings. The van der Waals surface area contributed by atoms with Crippen molar-refractivity contribution < 1.29 is 0 Å². The summed E-state index contributed by atoms with van der Waals surface area (Å²) in [5, 5.41) is 5.27. The smallest absolute Gasteiger partial charge is 0.130 e. The lowest BCUT2D eigenvalue weighted by Crippen LogP contribution is -2.21. The van der Waals surface area contributed by atoms with E-state index in [-0.39, 0.29) is 0 Å². The molecule has 0 aromatic carbocycles. The van der Waals surface area contributed by atoms with Gasteiger partial charge < -0.3 is 5.32 Å². The molecule has 0 saturated heterocycles. The third kappa shape index (κ3) is 2.89. The zero-order valence-electron chi connectivity index (χ0n) is 11.1. The van der Waals surface area contributed by atoms with Crippen LogP contribution in [0.1, 0.15) is 23.4 Å². The number of rotatable bonds is 5. The molecule has 0 bridgehead atoms. The minimum atomic E-state index is 0.426. The third-order valence-corrected chi connectivity index (χ3v) is 4.21. The number of hydrogen-bond acceptors (Lipinski definition) is 4. The Kier molecular flexibility index (Phi) is 4.33. The van der Waals surface area contributed by atoms with Crippen LogP contribution in [0, 0.1) is 0 Å². The molecule has 0 amide bonds. The zero-order chi connectivity index (χ0) is 13.0. The van der Waals surface area contributed by atoms with Crippen LogP contribution in [-0.2, 0) is 6.54 Å². The molecule has 96 valence electrons. The maximum atomic E-state index is 4.34. The predicted octanol–water partition coefficient (Wildman–Crippen LogP) is 3.38. The van der Waals surface area contributed by atoms with E-state index in [1.807, 2.05) is 19.3 Å². The van der Waals surface area contributed by atoms with E-state index in [0.717, 1.165) is 12.4 Å². The summed E-state index contributed by atoms with van der Waals surface area (Å²) >= 11 is 1.81. The fraction of sp³-hybridized carbons (Fsp3) is 0.357. The highest BCUT2D eigenvalue weighted by Gasteiger charge is 2.14. The van der Waals surface area contributed by atoms with Gasteiger partial charge in [-0.3, -0.25) is 4.90 Å². The fourth-order valence-corrected chi connectivity index (χ4v) is 2.79. The minimum Gasteiger partial charge on any atom is -0.373 e. The number of anilines is 1. The molecule has 3 nitrogen and oxygen atoms in total. The lowest BCUT2D eigenvalue weighted by Gasteiger charge is -2.24. The Labute approximate surface area is 112 Å². The van der Waals surface area contributed by atoms with E-state index in [1.54, 1.807) is 11.3 Å². The number of nitrogens with zero attached hydrogens (tertiary/aromatic N) is 2. The van der Waals surface area contributed by atoms with Crippen molar-refractivity contribution in [1.29, 1.82) is 0 Å². The van der Waals surface area contributed by atoms with Gasteiger partial charge in [0.05, 0.1) is 0 Å². The van der Waals surface area contributed by atoms with Gasteiger partial charge in [0, 0.05) is 36.3 Å². The number of nitrogens with one attached hydrogen (secondary N) is 1. The van der Waals surface area contributed by atoms with Gasteiger partial charge in [-0.25, -0.2) is 4.98 Å². The van der Waals surface area contributed by atoms with Crippen LogP contribution < -0.4 is 5.32 Å². The molecule has 4 heteroatoms. The Hall–Kier alpha value is -1.39. The van der Waals surface area contributed by atoms with Gasteiger partial charge >= 0.3 is 0 Å². The van der Waals surface area contributed by atoms with Crippen LogP contribution in [0.15, 0.2) is 35.8 Å². The third-order valence-electron chi connectivity index (χ3n) is 3.16. The van der Waals surface area contributed by atoms with E-state index in [0.29, 0.717) is 6.04 Å². The second kappa shape index (κ2) is 5.98. The Morgan fingerprint density at radius 2 is 2.22 bits per heavy atom. The first-order chi connectivity index (χ1) is 8.72. The highest BCUT2D eigenvalue weighted by atomic mass is 32.1. The van der Waals surface area contributed by atoms with E-state index in [2.05, 4.69) is 52.8 Å². The standard InChI is InChI=1S/C14H19N3S/c1-11(13-7-5-9-18-13)17(3)10-12-6-4-8-16-14(12)15-2/h4-9,11H,10H2,1-3H3,(H,15,16). The molecule has 2 rings (SSSR count). The van der Waals surface area contributed by atoms with Crippen LogP contribution >= 0.6 is 11.3 Å². The number of thiophene rings is 1. The van der Waals surface area contributed by atoms with Crippen LogP contribution in [0.25, 0.3) is 0 Å². The number of hydrogen-bond donors (Lipinski definition) is 1. The molecule has 1 atom stereocenters. The molecule has 2 aromatic heterocycles. The number of pyridine rings is 1. The summed E-state index contributed by atoms with van der Waals surface area (Å²) < 4.78 is 0. The molecule has 2 heterocycles. The average Bonchev–Trinajstić information content (AvgIpc) is 2.92. The molecular weight excluding hydrogens is 242 g/mol. The van der Waals surface area contributed by atoms with Gasteiger partial charge in [0.2, 0.25) is 0 Å². The normalized spacial score (nSPS) is 12.7. The summed E-state index contributed by atoms with van der Waals surface area (Å²) in [6.07, 6.45) is 1.82. The summed E-state index contributed by atoms with van der Waals surface area (Å²) in [6, 6.07) is 8.83. The quantitative estimate of drug-likeness (QED) is 0.894. The first kappa shape index (κ1) is 13.1. The topological polar surface area (TPSA) is 28.2 Å². The fourth-order valence-electron chi connectivity index (χ4n) is 1.94. The van der Waals surface area contributed by atoms with Crippen molar-refractivity contribution in [2.24, 2.45) is 0 Å². The average molecular weight is 261 g/mol. The first-order valence-electron chi connectivity index (χ1n) is 6.07. The molecule has 1 N–H and O–H groups in total. The van der Waals surface area contributed by atoms with Gasteiger partial charge in [-0.2, -0.15) is 0 Å². The molecule has 2 aromatic rings. The van der Waals surface area contributed by atoms with Gasteiger partial charge in [-0.05, 0) is 31.5 Å². The largest absolute Gasteiger partial charge is 0.373 e. The van der Waals surface area contributed by atoms with Crippen LogP contribution in [0.2, 0.25) is 0 Å². The summed E-state index contributed by atoms with van der Waals surface area (Å²) in [5.74, 6) is 0.961. The number of aromatic nitrogens is 1. The molecule has 0 aliphatic heterocycles. The summed E-state index contributed by atoms with van der Waals surface area (Å²) in [4.78, 5) is 8.07. The van der Waals surface area contributed by atoms with Crippen LogP contribution in [0.3, 0.4) is 0 Å². The van der Waals surface area contributed by atoms with Crippen molar-refractivity contribution in [3.8, 4) is 0 Å². The van der Waals surface area contributed by atoms with E-state index in [1.165, 1.54) is 10.4 Å². The molecule has 0 spiro atoms. The van der Waals surface area contributed by atoms with Gasteiger partial charge in [0.25, 0.3) is 0 Å². The highest BCUT2D eigenvalue weighted by Crippen LogP contribution is 2.25. The lowest BCUT2D eigenvalue weighted by atomic mass is 10.2. The van der Waals surface area contributed by atoms with Crippen molar-refractivity contribution in [3.05, 3.63) is 46.3 Å². The SMILES string of the molecule is CNc1ncccc1CN(C)C(C)c1cccs1. The van der Waals surface area contributed by atoms with Crippen LogP contribution in [0.5, 0.6) is 0 Å². The Morgan fingerprint density at radius 1 is 1.39 bits per heavy atom. The zero-order valence-corrected chi connectivity index (χ0v) is 11.9. The van der Waals surface area contributed by atoms with Crippen molar-refractivity contribution in [2.75, 3.05) is 19.4 Å². The molecule has 18 heavy (non-hydrogen) atoms. The summed E-state index contributed by atoms with van der Waals surface area (Å²) in [5.41, 5.74) is 1.23. The minimum absolute atomic E-state index is 0.426. The van der Waals surface area contributed by atoms with Crippen molar-refractivity contribution in [3.63, 3.8) is 0 Å². The highest BCUT2D eigenvalue weighted by molar-refractivity contribution is 7.10. The molecule has 0 fully saturated rings. The maximum absolute atomic E-state index is 4.34.